The Labute approximate surface area is 153 Å². The fraction of sp³-hybridized carbons (Fsp3) is 0.810. The van der Waals surface area contributed by atoms with Crippen LogP contribution in [0.3, 0.4) is 0 Å². The van der Waals surface area contributed by atoms with E-state index in [-0.39, 0.29) is 17.6 Å². The lowest BCUT2D eigenvalue weighted by Gasteiger charge is -2.61. The molecule has 0 aromatic carbocycles. The van der Waals surface area contributed by atoms with E-state index in [1.54, 1.807) is 6.08 Å². The number of fused-ring (bicyclic) bond motifs is 5. The number of halogens is 1. The van der Waals surface area contributed by atoms with Gasteiger partial charge in [0, 0.05) is 17.3 Å². The Morgan fingerprint density at radius 3 is 2.58 bits per heavy atom. The zero-order valence-corrected chi connectivity index (χ0v) is 15.7. The zero-order chi connectivity index (χ0) is 19.0. The Morgan fingerprint density at radius 2 is 1.88 bits per heavy atom. The molecule has 6 atom stereocenters. The highest BCUT2D eigenvalue weighted by Gasteiger charge is 2.71. The molecule has 0 aromatic heterocycles. The van der Waals surface area contributed by atoms with Gasteiger partial charge in [-0.15, -0.1) is 0 Å². The summed E-state index contributed by atoms with van der Waals surface area (Å²) in [5.74, 6) is -0.710. The highest BCUT2D eigenvalue weighted by atomic mass is 19.1. The molecule has 3 saturated carbocycles. The van der Waals surface area contributed by atoms with Gasteiger partial charge in [-0.3, -0.25) is 9.59 Å². The van der Waals surface area contributed by atoms with Crippen LogP contribution in [0.15, 0.2) is 11.6 Å². The molecule has 0 amide bonds. The van der Waals surface area contributed by atoms with Crippen molar-refractivity contribution in [3.63, 3.8) is 0 Å². The molecule has 0 aliphatic heterocycles. The van der Waals surface area contributed by atoms with Crippen molar-refractivity contribution in [2.45, 2.75) is 76.5 Å². The van der Waals surface area contributed by atoms with Gasteiger partial charge in [-0.2, -0.15) is 0 Å². The minimum absolute atomic E-state index is 0.0715. The molecule has 0 unspecified atom stereocenters. The summed E-state index contributed by atoms with van der Waals surface area (Å²) in [5.41, 5.74) is -3.29. The summed E-state index contributed by atoms with van der Waals surface area (Å²) < 4.78 is 16.6. The number of carbonyl (C=O) groups is 2. The Balaban J connectivity index is 1.74. The molecule has 0 radical (unpaired) electrons. The minimum Gasteiger partial charge on any atom is -0.388 e. The lowest BCUT2D eigenvalue weighted by atomic mass is 9.44. The summed E-state index contributed by atoms with van der Waals surface area (Å²) in [6, 6.07) is 0. The average molecular weight is 364 g/mol. The van der Waals surface area contributed by atoms with Crippen molar-refractivity contribution in [1.29, 1.82) is 0 Å². The SMILES string of the molecule is C[C@]12CCC(=O)C=C1CC[C@H]1[C@@H]3CC[C@](O)(C(=O)CO)[C@@]3(C)CC[C@@]12F. The van der Waals surface area contributed by atoms with Crippen LogP contribution in [0.4, 0.5) is 4.39 Å². The van der Waals surface area contributed by atoms with Gasteiger partial charge in [0.15, 0.2) is 11.6 Å². The third-order valence-corrected chi connectivity index (χ3v) is 8.82. The van der Waals surface area contributed by atoms with E-state index in [9.17, 15) is 19.8 Å². The number of aliphatic hydroxyl groups is 2. The van der Waals surface area contributed by atoms with Crippen molar-refractivity contribution in [3.8, 4) is 0 Å². The fourth-order valence-electron chi connectivity index (χ4n) is 7.06. The first-order valence-electron chi connectivity index (χ1n) is 9.92. The van der Waals surface area contributed by atoms with Gasteiger partial charge in [-0.25, -0.2) is 4.39 Å². The van der Waals surface area contributed by atoms with Crippen molar-refractivity contribution in [2.24, 2.45) is 22.7 Å². The summed E-state index contributed by atoms with van der Waals surface area (Å²) in [5, 5.41) is 20.5. The van der Waals surface area contributed by atoms with Gasteiger partial charge < -0.3 is 10.2 Å². The second kappa shape index (κ2) is 5.48. The number of aliphatic hydroxyl groups excluding tert-OH is 1. The number of Topliss-reactive ketones (excluding diaryl/α,β-unsaturated/α-hetero) is 1. The third kappa shape index (κ3) is 1.96. The van der Waals surface area contributed by atoms with Gasteiger partial charge >= 0.3 is 0 Å². The second-order valence-electron chi connectivity index (χ2n) is 9.48. The monoisotopic (exact) mass is 364 g/mol. The van der Waals surface area contributed by atoms with Gasteiger partial charge in [-0.1, -0.05) is 19.4 Å². The van der Waals surface area contributed by atoms with Crippen LogP contribution in [-0.2, 0) is 9.59 Å². The van der Waals surface area contributed by atoms with E-state index in [2.05, 4.69) is 0 Å². The largest absolute Gasteiger partial charge is 0.388 e. The van der Waals surface area contributed by atoms with Crippen LogP contribution in [0.25, 0.3) is 0 Å². The minimum atomic E-state index is -1.55. The molecular weight excluding hydrogens is 335 g/mol. The number of hydrogen-bond acceptors (Lipinski definition) is 4. The molecule has 5 heteroatoms. The highest BCUT2D eigenvalue weighted by Crippen LogP contribution is 2.70. The number of alkyl halides is 1. The fourth-order valence-corrected chi connectivity index (χ4v) is 7.06. The van der Waals surface area contributed by atoms with E-state index in [1.807, 2.05) is 13.8 Å². The molecule has 0 saturated heterocycles. The smallest absolute Gasteiger partial charge is 0.190 e. The predicted molar refractivity (Wildman–Crippen MR) is 94.1 cm³/mol. The Kier molecular flexibility index (Phi) is 3.86. The molecule has 0 bridgehead atoms. The van der Waals surface area contributed by atoms with Crippen molar-refractivity contribution < 1.29 is 24.2 Å². The standard InChI is InChI=1S/C21H29FO4/c1-18-7-5-14(24)11-13(18)3-4-16-15-6-8-21(26,17(25)12-23)19(15,2)9-10-20(16,18)22/h11,15-16,23,26H,3-10,12H2,1-2H3/t15-,16-,18-,19-,20+,21-/m0/s1. The van der Waals surface area contributed by atoms with E-state index in [0.717, 1.165) is 12.0 Å². The summed E-state index contributed by atoms with van der Waals surface area (Å²) in [6.45, 7) is 3.22. The number of rotatable bonds is 2. The van der Waals surface area contributed by atoms with Crippen LogP contribution in [0, 0.1) is 22.7 Å². The van der Waals surface area contributed by atoms with Crippen molar-refractivity contribution in [2.75, 3.05) is 6.61 Å². The molecule has 4 aliphatic rings. The van der Waals surface area contributed by atoms with Crippen LogP contribution >= 0.6 is 0 Å². The third-order valence-electron chi connectivity index (χ3n) is 8.82. The van der Waals surface area contributed by atoms with Crippen molar-refractivity contribution in [1.82, 2.24) is 0 Å². The molecule has 4 nitrogen and oxygen atoms in total. The van der Waals surface area contributed by atoms with E-state index in [1.165, 1.54) is 0 Å². The number of carbonyl (C=O) groups excluding carboxylic acids is 2. The van der Waals surface area contributed by atoms with Gasteiger partial charge in [0.05, 0.1) is 0 Å². The molecule has 4 aliphatic carbocycles. The van der Waals surface area contributed by atoms with Crippen LogP contribution in [0.2, 0.25) is 0 Å². The van der Waals surface area contributed by atoms with Crippen molar-refractivity contribution in [3.05, 3.63) is 11.6 Å². The van der Waals surface area contributed by atoms with E-state index in [4.69, 9.17) is 0 Å². The van der Waals surface area contributed by atoms with Crippen LogP contribution < -0.4 is 0 Å². The number of hydrogen-bond donors (Lipinski definition) is 2. The lowest BCUT2D eigenvalue weighted by molar-refractivity contribution is -0.184. The quantitative estimate of drug-likeness (QED) is 0.790. The molecule has 2 N–H and O–H groups in total. The molecule has 26 heavy (non-hydrogen) atoms. The van der Waals surface area contributed by atoms with Gasteiger partial charge in [0.2, 0.25) is 0 Å². The first kappa shape index (κ1) is 18.3. The molecule has 0 aromatic rings. The number of allylic oxidation sites excluding steroid dienone is 1. The normalized spacial score (nSPS) is 50.5. The molecule has 144 valence electrons. The Hall–Kier alpha value is -1.07. The van der Waals surface area contributed by atoms with Gasteiger partial charge in [-0.05, 0) is 62.9 Å². The molecular formula is C21H29FO4. The van der Waals surface area contributed by atoms with Crippen LogP contribution in [0.5, 0.6) is 0 Å². The molecule has 0 spiro atoms. The highest BCUT2D eigenvalue weighted by molar-refractivity contribution is 5.92. The summed E-state index contributed by atoms with van der Waals surface area (Å²) in [7, 11) is 0. The topological polar surface area (TPSA) is 74.6 Å². The van der Waals surface area contributed by atoms with Crippen LogP contribution in [-0.4, -0.2) is 39.7 Å². The van der Waals surface area contributed by atoms with E-state index >= 15 is 4.39 Å². The van der Waals surface area contributed by atoms with E-state index in [0.29, 0.717) is 44.9 Å². The lowest BCUT2D eigenvalue weighted by Crippen LogP contribution is -2.64. The molecule has 4 rings (SSSR count). The maximum Gasteiger partial charge on any atom is 0.190 e. The van der Waals surface area contributed by atoms with Crippen molar-refractivity contribution >= 4 is 11.6 Å². The van der Waals surface area contributed by atoms with Gasteiger partial charge in [0.1, 0.15) is 17.9 Å². The maximum atomic E-state index is 16.6. The molecule has 3 fully saturated rings. The Bertz CT molecular complexity index is 702. The number of ketones is 2. The maximum absolute atomic E-state index is 16.6. The Morgan fingerprint density at radius 1 is 1.15 bits per heavy atom. The molecule has 0 heterocycles. The summed E-state index contributed by atoms with van der Waals surface area (Å²) in [6.07, 6.45) is 5.65. The summed E-state index contributed by atoms with van der Waals surface area (Å²) >= 11 is 0. The van der Waals surface area contributed by atoms with Crippen LogP contribution in [0.1, 0.15) is 65.2 Å². The second-order valence-corrected chi connectivity index (χ2v) is 9.48. The summed E-state index contributed by atoms with van der Waals surface area (Å²) in [4.78, 5) is 24.2. The predicted octanol–water partition coefficient (Wildman–Crippen LogP) is 2.90. The van der Waals surface area contributed by atoms with E-state index < -0.39 is 34.5 Å². The first-order valence-corrected chi connectivity index (χ1v) is 9.92. The average Bonchev–Trinajstić information content (AvgIpc) is 2.88. The zero-order valence-electron chi connectivity index (χ0n) is 15.7. The first-order chi connectivity index (χ1) is 12.1. The van der Waals surface area contributed by atoms with Gasteiger partial charge in [0.25, 0.3) is 0 Å².